The third-order valence-electron chi connectivity index (χ3n) is 2.57. The van der Waals surface area contributed by atoms with Crippen molar-refractivity contribution in [2.45, 2.75) is 44.2 Å². The van der Waals surface area contributed by atoms with Crippen molar-refractivity contribution in [2.24, 2.45) is 5.73 Å². The Hall–Kier alpha value is -0.200. The highest BCUT2D eigenvalue weighted by Gasteiger charge is 2.54. The van der Waals surface area contributed by atoms with E-state index in [1.54, 1.807) is 7.11 Å². The largest absolute Gasteiger partial charge is 0.353 e. The summed E-state index contributed by atoms with van der Waals surface area (Å²) in [6.45, 7) is 4.18. The van der Waals surface area contributed by atoms with Crippen molar-refractivity contribution in [1.82, 2.24) is 0 Å². The fourth-order valence-corrected chi connectivity index (χ4v) is 2.02. The maximum Gasteiger partial charge on any atom is 0.186 e. The van der Waals surface area contributed by atoms with E-state index >= 15 is 0 Å². The van der Waals surface area contributed by atoms with Crippen LogP contribution in [0.25, 0.3) is 0 Å². The normalized spacial score (nSPS) is 45.4. The van der Waals surface area contributed by atoms with Gasteiger partial charge in [0.25, 0.3) is 0 Å². The average Bonchev–Trinajstić information content (AvgIpc) is 2.57. The SMILES string of the molecule is CO[C@@H]1OC(CN)[C@H]2OC(C)(C)O[C@@H]12. The second-order valence-corrected chi connectivity index (χ2v) is 4.08. The van der Waals surface area contributed by atoms with E-state index in [1.807, 2.05) is 13.8 Å². The lowest BCUT2D eigenvalue weighted by molar-refractivity contribution is -0.225. The molecule has 0 aliphatic carbocycles. The lowest BCUT2D eigenvalue weighted by atomic mass is 10.1. The molecule has 0 saturated carbocycles. The summed E-state index contributed by atoms with van der Waals surface area (Å²) >= 11 is 0. The van der Waals surface area contributed by atoms with Crippen LogP contribution < -0.4 is 5.73 Å². The fraction of sp³-hybridized carbons (Fsp3) is 1.00. The molecule has 0 bridgehead atoms. The lowest BCUT2D eigenvalue weighted by Crippen LogP contribution is -2.34. The first-order chi connectivity index (χ1) is 6.57. The van der Waals surface area contributed by atoms with Gasteiger partial charge in [-0.05, 0) is 13.8 Å². The van der Waals surface area contributed by atoms with E-state index in [9.17, 15) is 0 Å². The van der Waals surface area contributed by atoms with E-state index in [-0.39, 0.29) is 24.6 Å². The van der Waals surface area contributed by atoms with Gasteiger partial charge in [-0.15, -0.1) is 0 Å². The molecule has 2 rings (SSSR count). The average molecular weight is 203 g/mol. The fourth-order valence-electron chi connectivity index (χ4n) is 2.02. The molecular formula is C9H17NO4. The summed E-state index contributed by atoms with van der Waals surface area (Å²) in [4.78, 5) is 0. The number of hydrogen-bond donors (Lipinski definition) is 1. The molecule has 0 aromatic carbocycles. The van der Waals surface area contributed by atoms with Crippen molar-refractivity contribution >= 4 is 0 Å². The summed E-state index contributed by atoms with van der Waals surface area (Å²) in [6.07, 6.45) is -0.773. The van der Waals surface area contributed by atoms with Crippen molar-refractivity contribution in [1.29, 1.82) is 0 Å². The number of rotatable bonds is 2. The van der Waals surface area contributed by atoms with Crippen LogP contribution in [0.1, 0.15) is 13.8 Å². The first-order valence-electron chi connectivity index (χ1n) is 4.81. The molecule has 2 fully saturated rings. The molecular weight excluding hydrogens is 186 g/mol. The predicted octanol–water partition coefficient (Wildman–Crippen LogP) is -0.163. The quantitative estimate of drug-likeness (QED) is 0.675. The standard InChI is InChI=1S/C9H17NO4/c1-9(2)13-6-5(4-10)12-8(11-3)7(6)14-9/h5-8H,4,10H2,1-3H3/t5?,6-,7-,8-/m1/s1. The molecule has 4 atom stereocenters. The van der Waals surface area contributed by atoms with E-state index in [0.717, 1.165) is 0 Å². The van der Waals surface area contributed by atoms with Gasteiger partial charge in [0.15, 0.2) is 12.1 Å². The van der Waals surface area contributed by atoms with Crippen molar-refractivity contribution in [2.75, 3.05) is 13.7 Å². The zero-order chi connectivity index (χ0) is 10.3. The Morgan fingerprint density at radius 2 is 1.93 bits per heavy atom. The van der Waals surface area contributed by atoms with E-state index in [2.05, 4.69) is 0 Å². The summed E-state index contributed by atoms with van der Waals surface area (Å²) < 4.78 is 22.1. The van der Waals surface area contributed by atoms with Gasteiger partial charge in [-0.2, -0.15) is 0 Å². The summed E-state index contributed by atoms with van der Waals surface area (Å²) in [6, 6.07) is 0. The van der Waals surface area contributed by atoms with Gasteiger partial charge in [0.2, 0.25) is 0 Å². The van der Waals surface area contributed by atoms with Crippen molar-refractivity contribution in [3.63, 3.8) is 0 Å². The number of methoxy groups -OCH3 is 1. The first-order valence-corrected chi connectivity index (χ1v) is 4.81. The third kappa shape index (κ3) is 1.55. The maximum absolute atomic E-state index is 5.70. The molecule has 2 heterocycles. The summed E-state index contributed by atoms with van der Waals surface area (Å²) in [5.41, 5.74) is 5.58. The summed E-state index contributed by atoms with van der Waals surface area (Å²) in [5.74, 6) is -0.566. The van der Waals surface area contributed by atoms with Crippen LogP contribution in [0.4, 0.5) is 0 Å². The van der Waals surface area contributed by atoms with Gasteiger partial charge in [-0.3, -0.25) is 0 Å². The summed E-state index contributed by atoms with van der Waals surface area (Å²) in [5, 5.41) is 0. The molecule has 2 aliphatic heterocycles. The van der Waals surface area contributed by atoms with Crippen LogP contribution in [0.5, 0.6) is 0 Å². The van der Waals surface area contributed by atoms with Crippen LogP contribution in [0.3, 0.4) is 0 Å². The number of fused-ring (bicyclic) bond motifs is 1. The van der Waals surface area contributed by atoms with Crippen LogP contribution in [0, 0.1) is 0 Å². The zero-order valence-corrected chi connectivity index (χ0v) is 8.73. The van der Waals surface area contributed by atoms with Crippen LogP contribution in [-0.4, -0.2) is 44.0 Å². The number of hydrogen-bond acceptors (Lipinski definition) is 5. The van der Waals surface area contributed by atoms with E-state index < -0.39 is 5.79 Å². The number of nitrogens with two attached hydrogens (primary N) is 1. The van der Waals surface area contributed by atoms with Crippen LogP contribution >= 0.6 is 0 Å². The Morgan fingerprint density at radius 3 is 2.50 bits per heavy atom. The van der Waals surface area contributed by atoms with Gasteiger partial charge in [0, 0.05) is 13.7 Å². The highest BCUT2D eigenvalue weighted by atomic mass is 16.8. The monoisotopic (exact) mass is 203 g/mol. The molecule has 0 amide bonds. The molecule has 5 heteroatoms. The second kappa shape index (κ2) is 3.43. The number of ether oxygens (including phenoxy) is 4. The minimum absolute atomic E-state index is 0.111. The van der Waals surface area contributed by atoms with Gasteiger partial charge in [-0.25, -0.2) is 0 Å². The molecule has 0 spiro atoms. The van der Waals surface area contributed by atoms with Gasteiger partial charge >= 0.3 is 0 Å². The van der Waals surface area contributed by atoms with Crippen molar-refractivity contribution in [3.8, 4) is 0 Å². The molecule has 0 radical (unpaired) electrons. The van der Waals surface area contributed by atoms with Crippen molar-refractivity contribution in [3.05, 3.63) is 0 Å². The molecule has 2 N–H and O–H groups in total. The molecule has 0 aromatic heterocycles. The van der Waals surface area contributed by atoms with E-state index in [1.165, 1.54) is 0 Å². The van der Waals surface area contributed by atoms with Gasteiger partial charge < -0.3 is 24.7 Å². The smallest absolute Gasteiger partial charge is 0.186 e. The maximum atomic E-state index is 5.70. The predicted molar refractivity (Wildman–Crippen MR) is 48.5 cm³/mol. The Kier molecular flexibility index (Phi) is 2.53. The lowest BCUT2D eigenvalue weighted by Gasteiger charge is -2.22. The van der Waals surface area contributed by atoms with Crippen LogP contribution in [-0.2, 0) is 18.9 Å². The molecule has 0 aromatic rings. The van der Waals surface area contributed by atoms with Gasteiger partial charge in [0.05, 0.1) is 0 Å². The molecule has 5 nitrogen and oxygen atoms in total. The Labute approximate surface area is 83.4 Å². The molecule has 14 heavy (non-hydrogen) atoms. The zero-order valence-electron chi connectivity index (χ0n) is 8.73. The molecule has 1 unspecified atom stereocenters. The molecule has 2 saturated heterocycles. The molecule has 2 aliphatic rings. The third-order valence-corrected chi connectivity index (χ3v) is 2.57. The van der Waals surface area contributed by atoms with Crippen LogP contribution in [0.2, 0.25) is 0 Å². The van der Waals surface area contributed by atoms with Crippen LogP contribution in [0.15, 0.2) is 0 Å². The Balaban J connectivity index is 2.12. The minimum Gasteiger partial charge on any atom is -0.353 e. The highest BCUT2D eigenvalue weighted by molar-refractivity contribution is 4.95. The molecule has 82 valence electrons. The Bertz CT molecular complexity index is 201. The topological polar surface area (TPSA) is 62.9 Å². The Morgan fingerprint density at radius 1 is 1.29 bits per heavy atom. The van der Waals surface area contributed by atoms with Gasteiger partial charge in [0.1, 0.15) is 18.3 Å². The van der Waals surface area contributed by atoms with E-state index in [4.69, 9.17) is 24.7 Å². The summed E-state index contributed by atoms with van der Waals surface area (Å²) in [7, 11) is 1.59. The van der Waals surface area contributed by atoms with Crippen molar-refractivity contribution < 1.29 is 18.9 Å². The minimum atomic E-state index is -0.566. The highest BCUT2D eigenvalue weighted by Crippen LogP contribution is 2.38. The second-order valence-electron chi connectivity index (χ2n) is 4.08. The first kappa shape index (κ1) is 10.3. The van der Waals surface area contributed by atoms with Gasteiger partial charge in [-0.1, -0.05) is 0 Å². The van der Waals surface area contributed by atoms with E-state index in [0.29, 0.717) is 6.54 Å².